The van der Waals surface area contributed by atoms with Crippen LogP contribution in [0.4, 0.5) is 5.69 Å². The highest BCUT2D eigenvalue weighted by atomic mass is 16.4. The van der Waals surface area contributed by atoms with Crippen LogP contribution in [0, 0.1) is 6.92 Å². The molecule has 0 aliphatic rings. The Bertz CT molecular complexity index is 732. The standard InChI is InChI=1S/C16H19N3O3/c1-9(2)14-8-13(18-19(14)4)15(20)17-11-6-5-10(3)12(7-11)16(21)22/h5-9H,1-4H3,(H,17,20)(H,21,22). The quantitative estimate of drug-likeness (QED) is 0.909. The summed E-state index contributed by atoms with van der Waals surface area (Å²) >= 11 is 0. The van der Waals surface area contributed by atoms with Crippen LogP contribution in [0.3, 0.4) is 0 Å². The van der Waals surface area contributed by atoms with E-state index in [2.05, 4.69) is 10.4 Å². The molecule has 6 heteroatoms. The van der Waals surface area contributed by atoms with Gasteiger partial charge in [0.05, 0.1) is 5.56 Å². The number of nitrogens with one attached hydrogen (secondary N) is 1. The van der Waals surface area contributed by atoms with E-state index in [0.29, 0.717) is 16.9 Å². The number of aryl methyl sites for hydroxylation is 2. The summed E-state index contributed by atoms with van der Waals surface area (Å²) in [5.41, 5.74) is 2.51. The fraction of sp³-hybridized carbons (Fsp3) is 0.312. The van der Waals surface area contributed by atoms with Crippen molar-refractivity contribution in [3.05, 3.63) is 46.8 Å². The lowest BCUT2D eigenvalue weighted by Crippen LogP contribution is -2.13. The molecule has 0 unspecified atom stereocenters. The number of carboxylic acids is 1. The fourth-order valence-electron chi connectivity index (χ4n) is 2.26. The van der Waals surface area contributed by atoms with Crippen LogP contribution in [-0.2, 0) is 7.05 Å². The van der Waals surface area contributed by atoms with Gasteiger partial charge in [-0.3, -0.25) is 9.48 Å². The highest BCUT2D eigenvalue weighted by Gasteiger charge is 2.16. The van der Waals surface area contributed by atoms with Crippen LogP contribution >= 0.6 is 0 Å². The monoisotopic (exact) mass is 301 g/mol. The maximum absolute atomic E-state index is 12.2. The molecule has 1 aromatic heterocycles. The normalized spacial score (nSPS) is 10.8. The number of benzene rings is 1. The number of rotatable bonds is 4. The molecule has 2 N–H and O–H groups in total. The minimum Gasteiger partial charge on any atom is -0.478 e. The SMILES string of the molecule is Cc1ccc(NC(=O)c2cc(C(C)C)n(C)n2)cc1C(=O)O. The Morgan fingerprint density at radius 2 is 1.95 bits per heavy atom. The highest BCUT2D eigenvalue weighted by molar-refractivity contribution is 6.03. The molecule has 1 heterocycles. The molecule has 0 atom stereocenters. The summed E-state index contributed by atoms with van der Waals surface area (Å²) < 4.78 is 1.68. The molecule has 0 bridgehead atoms. The van der Waals surface area contributed by atoms with Gasteiger partial charge in [-0.2, -0.15) is 5.10 Å². The third-order valence-corrected chi connectivity index (χ3v) is 3.47. The van der Waals surface area contributed by atoms with E-state index in [0.717, 1.165) is 5.69 Å². The van der Waals surface area contributed by atoms with E-state index in [1.165, 1.54) is 6.07 Å². The summed E-state index contributed by atoms with van der Waals surface area (Å²) in [6.07, 6.45) is 0. The first-order chi connectivity index (χ1) is 10.3. The molecule has 2 aromatic rings. The summed E-state index contributed by atoms with van der Waals surface area (Å²) in [6.45, 7) is 5.76. The molecular weight excluding hydrogens is 282 g/mol. The predicted octanol–water partition coefficient (Wildman–Crippen LogP) is 2.80. The van der Waals surface area contributed by atoms with Crippen LogP contribution in [-0.4, -0.2) is 26.8 Å². The summed E-state index contributed by atoms with van der Waals surface area (Å²) in [6, 6.07) is 6.52. The van der Waals surface area contributed by atoms with Gasteiger partial charge in [0.25, 0.3) is 5.91 Å². The smallest absolute Gasteiger partial charge is 0.336 e. The maximum atomic E-state index is 12.2. The average Bonchev–Trinajstić information content (AvgIpc) is 2.83. The number of aromatic nitrogens is 2. The molecule has 0 aliphatic heterocycles. The van der Waals surface area contributed by atoms with Gasteiger partial charge in [-0.1, -0.05) is 19.9 Å². The van der Waals surface area contributed by atoms with Crippen LogP contribution in [0.5, 0.6) is 0 Å². The van der Waals surface area contributed by atoms with Gasteiger partial charge in [0.2, 0.25) is 0 Å². The lowest BCUT2D eigenvalue weighted by molar-refractivity contribution is 0.0695. The first kappa shape index (κ1) is 15.8. The molecule has 0 saturated carbocycles. The molecule has 0 spiro atoms. The van der Waals surface area contributed by atoms with E-state index in [9.17, 15) is 9.59 Å². The van der Waals surface area contributed by atoms with Crippen LogP contribution in [0.15, 0.2) is 24.3 Å². The highest BCUT2D eigenvalue weighted by Crippen LogP contribution is 2.18. The molecule has 0 radical (unpaired) electrons. The molecule has 22 heavy (non-hydrogen) atoms. The zero-order valence-electron chi connectivity index (χ0n) is 13.0. The van der Waals surface area contributed by atoms with E-state index >= 15 is 0 Å². The van der Waals surface area contributed by atoms with Crippen molar-refractivity contribution in [2.24, 2.45) is 7.05 Å². The minimum absolute atomic E-state index is 0.168. The third-order valence-electron chi connectivity index (χ3n) is 3.47. The van der Waals surface area contributed by atoms with Gasteiger partial charge in [-0.25, -0.2) is 4.79 Å². The summed E-state index contributed by atoms with van der Waals surface area (Å²) in [4.78, 5) is 23.4. The number of amides is 1. The maximum Gasteiger partial charge on any atom is 0.336 e. The van der Waals surface area contributed by atoms with Gasteiger partial charge in [-0.15, -0.1) is 0 Å². The number of aromatic carboxylic acids is 1. The van der Waals surface area contributed by atoms with E-state index in [1.807, 2.05) is 13.8 Å². The van der Waals surface area contributed by atoms with Gasteiger partial charge >= 0.3 is 5.97 Å². The first-order valence-electron chi connectivity index (χ1n) is 6.99. The van der Waals surface area contributed by atoms with Gasteiger partial charge in [-0.05, 0) is 36.6 Å². The number of nitrogens with zero attached hydrogens (tertiary/aromatic N) is 2. The van der Waals surface area contributed by atoms with Crippen molar-refractivity contribution in [2.45, 2.75) is 26.7 Å². The van der Waals surface area contributed by atoms with Crippen LogP contribution in [0.2, 0.25) is 0 Å². The van der Waals surface area contributed by atoms with Crippen LogP contribution < -0.4 is 5.32 Å². The number of carboxylic acid groups (broad SMARTS) is 1. The molecule has 0 fully saturated rings. The molecule has 2 rings (SSSR count). The molecule has 6 nitrogen and oxygen atoms in total. The fourth-order valence-corrected chi connectivity index (χ4v) is 2.26. The Kier molecular flexibility index (Phi) is 4.30. The lowest BCUT2D eigenvalue weighted by Gasteiger charge is -2.06. The Labute approximate surface area is 128 Å². The van der Waals surface area contributed by atoms with Crippen LogP contribution in [0.1, 0.15) is 51.9 Å². The van der Waals surface area contributed by atoms with Crippen molar-refractivity contribution in [2.75, 3.05) is 5.32 Å². The summed E-state index contributed by atoms with van der Waals surface area (Å²) in [5, 5.41) is 16.0. The van der Waals surface area contributed by atoms with Gasteiger partial charge < -0.3 is 10.4 Å². The molecule has 1 amide bonds. The van der Waals surface area contributed by atoms with Gasteiger partial charge in [0.1, 0.15) is 0 Å². The number of carbonyl (C=O) groups is 2. The number of hydrogen-bond donors (Lipinski definition) is 2. The van der Waals surface area contributed by atoms with Crippen molar-refractivity contribution in [3.63, 3.8) is 0 Å². The molecular formula is C16H19N3O3. The topological polar surface area (TPSA) is 84.2 Å². The molecule has 1 aromatic carbocycles. The second-order valence-electron chi connectivity index (χ2n) is 5.52. The second-order valence-corrected chi connectivity index (χ2v) is 5.52. The van der Waals surface area contributed by atoms with E-state index in [-0.39, 0.29) is 17.4 Å². The third kappa shape index (κ3) is 3.16. The zero-order chi connectivity index (χ0) is 16.4. The number of hydrogen-bond acceptors (Lipinski definition) is 3. The predicted molar refractivity (Wildman–Crippen MR) is 83.4 cm³/mol. The van der Waals surface area contributed by atoms with Crippen molar-refractivity contribution in [3.8, 4) is 0 Å². The van der Waals surface area contributed by atoms with Crippen molar-refractivity contribution < 1.29 is 14.7 Å². The Morgan fingerprint density at radius 3 is 2.50 bits per heavy atom. The summed E-state index contributed by atoms with van der Waals surface area (Å²) in [7, 11) is 1.79. The van der Waals surface area contributed by atoms with E-state index in [4.69, 9.17) is 5.11 Å². The Hall–Kier alpha value is -2.63. The number of carbonyl (C=O) groups excluding carboxylic acids is 1. The molecule has 0 aliphatic carbocycles. The Morgan fingerprint density at radius 1 is 1.27 bits per heavy atom. The molecule has 0 saturated heterocycles. The average molecular weight is 301 g/mol. The second kappa shape index (κ2) is 6.01. The lowest BCUT2D eigenvalue weighted by atomic mass is 10.1. The largest absolute Gasteiger partial charge is 0.478 e. The minimum atomic E-state index is -1.02. The van der Waals surface area contributed by atoms with Crippen molar-refractivity contribution in [1.82, 2.24) is 9.78 Å². The van der Waals surface area contributed by atoms with Gasteiger partial charge in [0.15, 0.2) is 5.69 Å². The Balaban J connectivity index is 2.24. The first-order valence-corrected chi connectivity index (χ1v) is 6.99. The van der Waals surface area contributed by atoms with E-state index in [1.54, 1.807) is 36.9 Å². The van der Waals surface area contributed by atoms with Gasteiger partial charge in [0, 0.05) is 18.4 Å². The van der Waals surface area contributed by atoms with Crippen LogP contribution in [0.25, 0.3) is 0 Å². The zero-order valence-corrected chi connectivity index (χ0v) is 13.0. The van der Waals surface area contributed by atoms with E-state index < -0.39 is 5.97 Å². The van der Waals surface area contributed by atoms with Crippen molar-refractivity contribution >= 4 is 17.6 Å². The summed E-state index contributed by atoms with van der Waals surface area (Å²) in [5.74, 6) is -1.12. The number of anilines is 1. The molecule has 116 valence electrons. The van der Waals surface area contributed by atoms with Crippen molar-refractivity contribution in [1.29, 1.82) is 0 Å².